The van der Waals surface area contributed by atoms with Gasteiger partial charge in [-0.25, -0.2) is 17.6 Å². The van der Waals surface area contributed by atoms with Crippen LogP contribution >= 0.6 is 0 Å². The molecular formula is C30H48F4N2O11. The molecule has 0 aromatic heterocycles. The van der Waals surface area contributed by atoms with E-state index in [1.54, 1.807) is 0 Å². The van der Waals surface area contributed by atoms with Gasteiger partial charge in [-0.3, -0.25) is 9.59 Å². The van der Waals surface area contributed by atoms with E-state index in [4.69, 9.17) is 29.4 Å². The van der Waals surface area contributed by atoms with E-state index in [0.29, 0.717) is 0 Å². The van der Waals surface area contributed by atoms with Gasteiger partial charge < -0.3 is 55.2 Å². The highest BCUT2D eigenvalue weighted by Gasteiger charge is 2.54. The van der Waals surface area contributed by atoms with Crippen molar-refractivity contribution < 1.29 is 71.3 Å². The van der Waals surface area contributed by atoms with Gasteiger partial charge >= 0.3 is 0 Å². The van der Waals surface area contributed by atoms with Crippen LogP contribution in [0.4, 0.5) is 17.6 Å². The van der Waals surface area contributed by atoms with Crippen LogP contribution in [0.3, 0.4) is 0 Å². The smallest absolute Gasteiger partial charge is 0.267 e. The van der Waals surface area contributed by atoms with Crippen molar-refractivity contribution in [1.29, 1.82) is 0 Å². The Hall–Kier alpha value is -1.70. The number of hydrogen-bond acceptors (Lipinski definition) is 11. The van der Waals surface area contributed by atoms with Crippen LogP contribution in [0.1, 0.15) is 71.6 Å². The number of carbonyl (C=O) groups is 2. The molecule has 47 heavy (non-hydrogen) atoms. The number of hydrogen-bond donors (Lipinski definition) is 6. The molecule has 2 saturated carbocycles. The van der Waals surface area contributed by atoms with Gasteiger partial charge in [-0.05, 0) is 32.1 Å². The van der Waals surface area contributed by atoms with Crippen LogP contribution in [0.2, 0.25) is 0 Å². The molecule has 4 fully saturated rings. The lowest BCUT2D eigenvalue weighted by Gasteiger charge is -2.48. The summed E-state index contributed by atoms with van der Waals surface area (Å²) in [5.41, 5.74) is 5.63. The van der Waals surface area contributed by atoms with Crippen LogP contribution in [-0.2, 0) is 33.3 Å². The monoisotopic (exact) mass is 688 g/mol. The first-order chi connectivity index (χ1) is 22.2. The molecule has 4 aliphatic rings. The highest BCUT2D eigenvalue weighted by Crippen LogP contribution is 2.39. The fourth-order valence-corrected chi connectivity index (χ4v) is 7.12. The van der Waals surface area contributed by atoms with Crippen molar-refractivity contribution in [2.24, 2.45) is 17.6 Å². The number of amides is 2. The Morgan fingerprint density at radius 1 is 0.830 bits per heavy atom. The normalized spacial score (nSPS) is 41.1. The van der Waals surface area contributed by atoms with Gasteiger partial charge in [0.15, 0.2) is 12.6 Å². The van der Waals surface area contributed by atoms with Crippen LogP contribution in [0.25, 0.3) is 0 Å². The molecule has 2 aliphatic carbocycles. The minimum atomic E-state index is -3.29. The Morgan fingerprint density at radius 2 is 1.51 bits per heavy atom. The predicted octanol–water partition coefficient (Wildman–Crippen LogP) is 0.715. The molecule has 4 rings (SSSR count). The van der Waals surface area contributed by atoms with E-state index in [2.05, 4.69) is 5.32 Å². The van der Waals surface area contributed by atoms with Gasteiger partial charge in [-0.1, -0.05) is 38.5 Å². The molecule has 2 amide bonds. The molecule has 14 atom stereocenters. The second-order valence-corrected chi connectivity index (χ2v) is 13.1. The van der Waals surface area contributed by atoms with Crippen LogP contribution in [-0.4, -0.2) is 125 Å². The summed E-state index contributed by atoms with van der Waals surface area (Å²) >= 11 is 0. The molecule has 0 bridgehead atoms. The molecule has 0 radical (unpaired) electrons. The number of aliphatic hydroxyl groups is 4. The topological polar surface area (TPSA) is 199 Å². The molecule has 7 N–H and O–H groups in total. The Kier molecular flexibility index (Phi) is 13.6. The quantitative estimate of drug-likeness (QED) is 0.158. The van der Waals surface area contributed by atoms with Crippen molar-refractivity contribution in [3.8, 4) is 0 Å². The van der Waals surface area contributed by atoms with Crippen molar-refractivity contribution in [2.45, 2.75) is 164 Å². The number of aliphatic hydroxyl groups excluding tert-OH is 4. The largest absolute Gasteiger partial charge is 0.388 e. The maximum absolute atomic E-state index is 14.3. The van der Waals surface area contributed by atoms with Crippen molar-refractivity contribution >= 4 is 11.8 Å². The number of nitrogens with two attached hydrogens (primary N) is 1. The first-order valence-corrected chi connectivity index (χ1v) is 16.3. The van der Waals surface area contributed by atoms with Crippen LogP contribution in [0.5, 0.6) is 0 Å². The summed E-state index contributed by atoms with van der Waals surface area (Å²) in [5.74, 6) is -3.03. The first kappa shape index (κ1) is 38.1. The maximum Gasteiger partial charge on any atom is 0.267 e. The van der Waals surface area contributed by atoms with E-state index in [9.17, 15) is 47.6 Å². The van der Waals surface area contributed by atoms with E-state index >= 15 is 0 Å². The Labute approximate surface area is 270 Å². The average Bonchev–Trinajstić information content (AvgIpc) is 3.01. The molecule has 2 aliphatic heterocycles. The van der Waals surface area contributed by atoms with Crippen LogP contribution < -0.4 is 11.1 Å². The van der Waals surface area contributed by atoms with Gasteiger partial charge in [0, 0.05) is 12.8 Å². The molecule has 17 heteroatoms. The standard InChI is InChI=1S/C30H48F4N2O11/c1-12-19(38)20(39)21(40)30(43-12)46-23-15(26(31)32)9-6-10-16(23)45-29-18(36-13(2)37)24(22(41)25(47-29)27(33)34)44-17(28(35)42)11-14-7-4-3-5-8-14/h12,14-27,29-30,38-41H,3-11H2,1-2H3,(H2,35,42)(H,36,37)/t12-,15?,16+,17-,18?,19?,20-,21-,22+,23+,24?,25+,29+,30?/m0/s1. The zero-order valence-electron chi connectivity index (χ0n) is 26.4. The second kappa shape index (κ2) is 16.8. The number of ether oxygens (including phenoxy) is 5. The van der Waals surface area contributed by atoms with Gasteiger partial charge in [0.25, 0.3) is 6.43 Å². The summed E-state index contributed by atoms with van der Waals surface area (Å²) in [6.07, 6.45) is -21.1. The Balaban J connectivity index is 1.62. The van der Waals surface area contributed by atoms with E-state index in [1.165, 1.54) is 6.92 Å². The lowest BCUT2D eigenvalue weighted by atomic mass is 9.84. The fraction of sp³-hybridized carbons (Fsp3) is 0.933. The summed E-state index contributed by atoms with van der Waals surface area (Å²) in [6.45, 7) is 2.49. The lowest BCUT2D eigenvalue weighted by Crippen LogP contribution is -2.68. The average molecular weight is 689 g/mol. The molecule has 0 aromatic carbocycles. The van der Waals surface area contributed by atoms with E-state index in [-0.39, 0.29) is 31.6 Å². The molecule has 0 spiro atoms. The second-order valence-electron chi connectivity index (χ2n) is 13.1. The minimum Gasteiger partial charge on any atom is -0.388 e. The van der Waals surface area contributed by atoms with Gasteiger partial charge in [-0.15, -0.1) is 0 Å². The first-order valence-electron chi connectivity index (χ1n) is 16.3. The summed E-state index contributed by atoms with van der Waals surface area (Å²) in [6, 6.07) is -1.51. The van der Waals surface area contributed by atoms with Gasteiger partial charge in [0.2, 0.25) is 18.2 Å². The number of rotatable bonds is 12. The number of carbonyl (C=O) groups excluding carboxylic acids is 2. The molecular weight excluding hydrogens is 640 g/mol. The minimum absolute atomic E-state index is 0.0437. The highest BCUT2D eigenvalue weighted by atomic mass is 19.3. The van der Waals surface area contributed by atoms with Crippen LogP contribution in [0.15, 0.2) is 0 Å². The number of alkyl halides is 4. The number of primary amides is 1. The third kappa shape index (κ3) is 9.30. The Morgan fingerprint density at radius 3 is 2.11 bits per heavy atom. The van der Waals surface area contributed by atoms with E-state index < -0.39 is 110 Å². The molecule has 13 nitrogen and oxygen atoms in total. The highest BCUT2D eigenvalue weighted by molar-refractivity contribution is 5.79. The van der Waals surface area contributed by atoms with E-state index in [1.807, 2.05) is 0 Å². The zero-order chi connectivity index (χ0) is 34.6. The summed E-state index contributed by atoms with van der Waals surface area (Å²) in [7, 11) is 0. The molecule has 0 aromatic rings. The lowest BCUT2D eigenvalue weighted by molar-refractivity contribution is -0.344. The molecule has 2 saturated heterocycles. The fourth-order valence-electron chi connectivity index (χ4n) is 7.12. The third-order valence-electron chi connectivity index (χ3n) is 9.69. The van der Waals surface area contributed by atoms with Crippen molar-refractivity contribution in [3.63, 3.8) is 0 Å². The van der Waals surface area contributed by atoms with Crippen molar-refractivity contribution in [2.75, 3.05) is 0 Å². The van der Waals surface area contributed by atoms with Crippen LogP contribution in [0, 0.1) is 11.8 Å². The Bertz CT molecular complexity index is 1030. The van der Waals surface area contributed by atoms with Crippen molar-refractivity contribution in [3.05, 3.63) is 0 Å². The molecule has 5 unspecified atom stereocenters. The summed E-state index contributed by atoms with van der Waals surface area (Å²) in [4.78, 5) is 24.8. The molecule has 2 heterocycles. The van der Waals surface area contributed by atoms with Gasteiger partial charge in [0.05, 0.1) is 18.3 Å². The van der Waals surface area contributed by atoms with Crippen molar-refractivity contribution in [1.82, 2.24) is 5.32 Å². The number of nitrogens with one attached hydrogen (secondary N) is 1. The van der Waals surface area contributed by atoms with Gasteiger partial charge in [-0.2, -0.15) is 0 Å². The summed E-state index contributed by atoms with van der Waals surface area (Å²) < 4.78 is 85.9. The SMILES string of the molecule is CC(=O)NC1C(O[C@@H](CC2CCCCC2)C(N)=O)[C@@H](O)[C@H](C(F)F)O[C@H]1O[C@@H]1CCCC(C(F)F)[C@H]1OC1O[C@@H](C)C(O)[C@H](O)[C@@H]1O. The number of halogens is 4. The predicted molar refractivity (Wildman–Crippen MR) is 153 cm³/mol. The molecule has 272 valence electrons. The van der Waals surface area contributed by atoms with E-state index in [0.717, 1.165) is 39.0 Å². The maximum atomic E-state index is 14.3. The summed E-state index contributed by atoms with van der Waals surface area (Å²) in [5, 5.41) is 44.3. The third-order valence-corrected chi connectivity index (χ3v) is 9.69. The van der Waals surface area contributed by atoms with Gasteiger partial charge in [0.1, 0.15) is 48.8 Å². The zero-order valence-corrected chi connectivity index (χ0v) is 26.4.